The number of fused-ring (bicyclic) bond motifs is 1. The van der Waals surface area contributed by atoms with Crippen LogP contribution in [-0.2, 0) is 13.0 Å². The Morgan fingerprint density at radius 3 is 3.05 bits per heavy atom. The van der Waals surface area contributed by atoms with Crippen LogP contribution in [0.2, 0.25) is 0 Å². The average Bonchev–Trinajstić information content (AvgIpc) is 3.05. The Morgan fingerprint density at radius 1 is 1.42 bits per heavy atom. The molecule has 0 aliphatic rings. The maximum Gasteiger partial charge on any atom is 0.275 e. The first-order chi connectivity index (χ1) is 9.26. The Balaban J connectivity index is 1.89. The average molecular weight is 293 g/mol. The van der Waals surface area contributed by atoms with Crippen LogP contribution in [0, 0.1) is 0 Å². The lowest BCUT2D eigenvalue weighted by Crippen LogP contribution is -2.15. The second-order valence-corrected chi connectivity index (χ2v) is 5.55. The Labute approximate surface area is 116 Å². The summed E-state index contributed by atoms with van der Waals surface area (Å²) in [6.45, 7) is 2.57. The van der Waals surface area contributed by atoms with Crippen molar-refractivity contribution in [2.45, 2.75) is 19.9 Å². The minimum absolute atomic E-state index is 0.139. The number of thiazole rings is 1. The highest BCUT2D eigenvalue weighted by Gasteiger charge is 2.08. The van der Waals surface area contributed by atoms with Gasteiger partial charge in [0.15, 0.2) is 0 Å². The SMILES string of the molecule is CCc1cc(=O)n2nc(NCc3cscn3)sc2n1. The monoisotopic (exact) mass is 293 g/mol. The molecule has 0 unspecified atom stereocenters. The van der Waals surface area contributed by atoms with Gasteiger partial charge in [-0.1, -0.05) is 18.3 Å². The molecule has 3 rings (SSSR count). The van der Waals surface area contributed by atoms with E-state index in [1.807, 2.05) is 12.3 Å². The van der Waals surface area contributed by atoms with Crippen molar-refractivity contribution in [1.82, 2.24) is 19.6 Å². The summed E-state index contributed by atoms with van der Waals surface area (Å²) in [4.78, 5) is 21.0. The van der Waals surface area contributed by atoms with E-state index in [1.54, 1.807) is 16.8 Å². The Morgan fingerprint density at radius 2 is 2.32 bits per heavy atom. The molecule has 3 aromatic rings. The highest BCUT2D eigenvalue weighted by Crippen LogP contribution is 2.17. The summed E-state index contributed by atoms with van der Waals surface area (Å²) in [6, 6.07) is 1.52. The van der Waals surface area contributed by atoms with Crippen molar-refractivity contribution in [3.05, 3.63) is 38.7 Å². The van der Waals surface area contributed by atoms with Crippen molar-refractivity contribution >= 4 is 32.8 Å². The van der Waals surface area contributed by atoms with Gasteiger partial charge in [0.25, 0.3) is 5.56 Å². The van der Waals surface area contributed by atoms with Gasteiger partial charge in [-0.15, -0.1) is 16.4 Å². The third kappa shape index (κ3) is 2.49. The van der Waals surface area contributed by atoms with Gasteiger partial charge in [0.05, 0.1) is 17.7 Å². The minimum Gasteiger partial charge on any atom is -0.354 e. The van der Waals surface area contributed by atoms with Gasteiger partial charge in [0.2, 0.25) is 10.1 Å². The van der Waals surface area contributed by atoms with Crippen LogP contribution < -0.4 is 10.9 Å². The highest BCUT2D eigenvalue weighted by atomic mass is 32.1. The van der Waals surface area contributed by atoms with Crippen molar-refractivity contribution < 1.29 is 0 Å². The fraction of sp³-hybridized carbons (Fsp3) is 0.273. The maximum atomic E-state index is 11.8. The van der Waals surface area contributed by atoms with Crippen LogP contribution in [0.1, 0.15) is 18.3 Å². The molecule has 0 saturated carbocycles. The first-order valence-electron chi connectivity index (χ1n) is 5.77. The number of nitrogens with one attached hydrogen (secondary N) is 1. The molecule has 3 aromatic heterocycles. The topological polar surface area (TPSA) is 72.2 Å². The first kappa shape index (κ1) is 12.2. The van der Waals surface area contributed by atoms with Crippen LogP contribution in [0.3, 0.4) is 0 Å². The van der Waals surface area contributed by atoms with Gasteiger partial charge in [-0.05, 0) is 6.42 Å². The maximum absolute atomic E-state index is 11.8. The predicted octanol–water partition coefficient (Wildman–Crippen LogP) is 1.78. The molecule has 0 aliphatic carbocycles. The second kappa shape index (κ2) is 5.06. The molecule has 98 valence electrons. The number of anilines is 1. The van der Waals surface area contributed by atoms with Crippen molar-refractivity contribution in [3.8, 4) is 0 Å². The molecule has 8 heteroatoms. The summed E-state index contributed by atoms with van der Waals surface area (Å²) < 4.78 is 1.33. The fourth-order valence-corrected chi connectivity index (χ4v) is 2.98. The predicted molar refractivity (Wildman–Crippen MR) is 76.0 cm³/mol. The minimum atomic E-state index is -0.139. The van der Waals surface area contributed by atoms with Gasteiger partial charge >= 0.3 is 0 Å². The summed E-state index contributed by atoms with van der Waals surface area (Å²) in [7, 11) is 0. The van der Waals surface area contributed by atoms with E-state index >= 15 is 0 Å². The van der Waals surface area contributed by atoms with E-state index in [0.29, 0.717) is 16.6 Å². The summed E-state index contributed by atoms with van der Waals surface area (Å²) in [6.07, 6.45) is 0.741. The molecule has 3 heterocycles. The van der Waals surface area contributed by atoms with Crippen LogP contribution in [0.15, 0.2) is 21.8 Å². The number of aryl methyl sites for hydroxylation is 1. The van der Waals surface area contributed by atoms with E-state index in [9.17, 15) is 4.79 Å². The third-order valence-electron chi connectivity index (χ3n) is 2.56. The zero-order valence-electron chi connectivity index (χ0n) is 10.2. The molecule has 0 bridgehead atoms. The number of rotatable bonds is 4. The van der Waals surface area contributed by atoms with Gasteiger partial charge in [-0.25, -0.2) is 9.97 Å². The van der Waals surface area contributed by atoms with E-state index in [1.165, 1.54) is 21.9 Å². The molecule has 0 saturated heterocycles. The zero-order valence-corrected chi connectivity index (χ0v) is 11.8. The number of hydrogen-bond acceptors (Lipinski definition) is 7. The third-order valence-corrected chi connectivity index (χ3v) is 4.07. The fourth-order valence-electron chi connectivity index (χ4n) is 1.60. The molecule has 0 fully saturated rings. The second-order valence-electron chi connectivity index (χ2n) is 3.87. The summed E-state index contributed by atoms with van der Waals surface area (Å²) in [5, 5.41) is 10.0. The van der Waals surface area contributed by atoms with E-state index in [2.05, 4.69) is 20.4 Å². The lowest BCUT2D eigenvalue weighted by Gasteiger charge is -1.96. The van der Waals surface area contributed by atoms with Crippen molar-refractivity contribution in [2.75, 3.05) is 5.32 Å². The molecule has 0 amide bonds. The molecular formula is C11H11N5OS2. The van der Waals surface area contributed by atoms with Crippen LogP contribution in [0.25, 0.3) is 4.96 Å². The summed E-state index contributed by atoms with van der Waals surface area (Å²) in [5.41, 5.74) is 3.40. The van der Waals surface area contributed by atoms with E-state index < -0.39 is 0 Å². The van der Waals surface area contributed by atoms with Crippen molar-refractivity contribution in [1.29, 1.82) is 0 Å². The zero-order chi connectivity index (χ0) is 13.2. The number of aromatic nitrogens is 4. The molecule has 1 N–H and O–H groups in total. The Bertz CT molecular complexity index is 746. The first-order valence-corrected chi connectivity index (χ1v) is 7.53. The lowest BCUT2D eigenvalue weighted by atomic mass is 10.3. The number of hydrogen-bond donors (Lipinski definition) is 1. The normalized spacial score (nSPS) is 11.0. The largest absolute Gasteiger partial charge is 0.354 e. The molecule has 19 heavy (non-hydrogen) atoms. The van der Waals surface area contributed by atoms with E-state index in [0.717, 1.165) is 17.8 Å². The molecular weight excluding hydrogens is 282 g/mol. The van der Waals surface area contributed by atoms with E-state index in [-0.39, 0.29) is 5.56 Å². The van der Waals surface area contributed by atoms with Gasteiger partial charge in [0, 0.05) is 17.1 Å². The molecule has 0 atom stereocenters. The highest BCUT2D eigenvalue weighted by molar-refractivity contribution is 7.20. The summed E-state index contributed by atoms with van der Waals surface area (Å²) in [5.74, 6) is 0. The molecule has 0 radical (unpaired) electrons. The summed E-state index contributed by atoms with van der Waals surface area (Å²) >= 11 is 2.92. The van der Waals surface area contributed by atoms with Crippen LogP contribution in [0.4, 0.5) is 5.13 Å². The van der Waals surface area contributed by atoms with Gasteiger partial charge in [-0.2, -0.15) is 4.52 Å². The van der Waals surface area contributed by atoms with Gasteiger partial charge in [-0.3, -0.25) is 4.79 Å². The number of nitrogens with zero attached hydrogens (tertiary/aromatic N) is 4. The van der Waals surface area contributed by atoms with Crippen molar-refractivity contribution in [3.63, 3.8) is 0 Å². The molecule has 0 spiro atoms. The van der Waals surface area contributed by atoms with Gasteiger partial charge in [0.1, 0.15) is 0 Å². The van der Waals surface area contributed by atoms with Crippen LogP contribution in [-0.4, -0.2) is 19.6 Å². The van der Waals surface area contributed by atoms with E-state index in [4.69, 9.17) is 0 Å². The smallest absolute Gasteiger partial charge is 0.275 e. The Kier molecular flexibility index (Phi) is 3.26. The van der Waals surface area contributed by atoms with Crippen LogP contribution >= 0.6 is 22.7 Å². The quantitative estimate of drug-likeness (QED) is 0.794. The van der Waals surface area contributed by atoms with Crippen LogP contribution in [0.5, 0.6) is 0 Å². The van der Waals surface area contributed by atoms with Gasteiger partial charge < -0.3 is 5.32 Å². The molecule has 6 nitrogen and oxygen atoms in total. The van der Waals surface area contributed by atoms with Crippen molar-refractivity contribution in [2.24, 2.45) is 0 Å². The lowest BCUT2D eigenvalue weighted by molar-refractivity contribution is 0.873. The standard InChI is InChI=1S/C11H11N5OS2/c1-2-7-3-9(17)16-11(14-7)19-10(15-16)12-4-8-5-18-6-13-8/h3,5-6H,2,4H2,1H3,(H,12,15). The molecule has 0 aliphatic heterocycles. The Hall–Kier alpha value is -1.80. The molecule has 0 aromatic carbocycles.